The zero-order valence-corrected chi connectivity index (χ0v) is 12.8. The lowest BCUT2D eigenvalue weighted by atomic mass is 9.87. The minimum Gasteiger partial charge on any atom is -0.381 e. The van der Waals surface area contributed by atoms with Crippen LogP contribution >= 0.6 is 0 Å². The van der Waals surface area contributed by atoms with Crippen molar-refractivity contribution in [2.75, 3.05) is 19.0 Å². The highest BCUT2D eigenvalue weighted by molar-refractivity contribution is 7.89. The molecule has 0 radical (unpaired) electrons. The smallest absolute Gasteiger partial charge is 0.209 e. The van der Waals surface area contributed by atoms with Crippen LogP contribution in [-0.4, -0.2) is 27.4 Å². The Bertz CT molecular complexity index is 311. The zero-order chi connectivity index (χ0) is 14.0. The van der Waals surface area contributed by atoms with Gasteiger partial charge in [0.15, 0.2) is 0 Å². The Kier molecular flexibility index (Phi) is 8.66. The number of rotatable bonds is 10. The van der Waals surface area contributed by atoms with Gasteiger partial charge in [0.05, 0.1) is 5.75 Å². The van der Waals surface area contributed by atoms with Gasteiger partial charge in [0, 0.05) is 13.2 Å². The maximum Gasteiger partial charge on any atom is 0.209 e. The number of ether oxygens (including phenoxy) is 1. The molecule has 0 aliphatic heterocycles. The van der Waals surface area contributed by atoms with Gasteiger partial charge < -0.3 is 4.74 Å². The van der Waals surface area contributed by atoms with Crippen molar-refractivity contribution in [3.63, 3.8) is 0 Å². The third-order valence-corrected chi connectivity index (χ3v) is 4.72. The zero-order valence-electron chi connectivity index (χ0n) is 12.0. The van der Waals surface area contributed by atoms with E-state index in [2.05, 4.69) is 0 Å². The Balaban J connectivity index is 1.81. The third kappa shape index (κ3) is 10.3. The lowest BCUT2D eigenvalue weighted by Gasteiger charge is -2.21. The Hall–Kier alpha value is -0.130. The van der Waals surface area contributed by atoms with Crippen LogP contribution in [0.5, 0.6) is 0 Å². The summed E-state index contributed by atoms with van der Waals surface area (Å²) in [6.07, 6.45) is 11.8. The first kappa shape index (κ1) is 16.9. The van der Waals surface area contributed by atoms with E-state index in [1.54, 1.807) is 0 Å². The summed E-state index contributed by atoms with van der Waals surface area (Å²) in [5.41, 5.74) is 0. The van der Waals surface area contributed by atoms with Crippen LogP contribution in [0.1, 0.15) is 64.2 Å². The number of hydrogen-bond acceptors (Lipinski definition) is 3. The van der Waals surface area contributed by atoms with E-state index < -0.39 is 10.0 Å². The SMILES string of the molecule is NS(=O)(=O)CCCCCCOCCC1CCCCC1. The molecule has 0 unspecified atom stereocenters. The van der Waals surface area contributed by atoms with Crippen LogP contribution in [0.15, 0.2) is 0 Å². The second kappa shape index (κ2) is 9.72. The van der Waals surface area contributed by atoms with E-state index in [9.17, 15) is 8.42 Å². The summed E-state index contributed by atoms with van der Waals surface area (Å²) < 4.78 is 27.1. The van der Waals surface area contributed by atoms with E-state index in [0.717, 1.165) is 38.4 Å². The normalized spacial score (nSPS) is 17.7. The molecule has 1 rings (SSSR count). The average Bonchev–Trinajstić information content (AvgIpc) is 2.37. The molecule has 0 aromatic rings. The Labute approximate surface area is 118 Å². The van der Waals surface area contributed by atoms with Crippen molar-refractivity contribution < 1.29 is 13.2 Å². The fraction of sp³-hybridized carbons (Fsp3) is 1.00. The lowest BCUT2D eigenvalue weighted by molar-refractivity contribution is 0.110. The van der Waals surface area contributed by atoms with Crippen LogP contribution in [0, 0.1) is 5.92 Å². The summed E-state index contributed by atoms with van der Waals surface area (Å²) in [5.74, 6) is 0.999. The Morgan fingerprint density at radius 3 is 2.32 bits per heavy atom. The first-order valence-corrected chi connectivity index (χ1v) is 9.38. The maximum absolute atomic E-state index is 10.7. The van der Waals surface area contributed by atoms with Crippen molar-refractivity contribution in [2.24, 2.45) is 11.1 Å². The summed E-state index contributed by atoms with van der Waals surface area (Å²) in [6, 6.07) is 0. The molecule has 1 aliphatic rings. The van der Waals surface area contributed by atoms with Crippen LogP contribution < -0.4 is 5.14 Å². The van der Waals surface area contributed by atoms with Gasteiger partial charge in [-0.1, -0.05) is 44.9 Å². The summed E-state index contributed by atoms with van der Waals surface area (Å²) >= 11 is 0. The van der Waals surface area contributed by atoms with Crippen molar-refractivity contribution in [3.05, 3.63) is 0 Å². The molecule has 0 spiro atoms. The first-order valence-electron chi connectivity index (χ1n) is 7.66. The average molecular weight is 291 g/mol. The molecule has 0 saturated heterocycles. The predicted octanol–water partition coefficient (Wildman–Crippen LogP) is 2.82. The van der Waals surface area contributed by atoms with Crippen molar-refractivity contribution in [3.8, 4) is 0 Å². The van der Waals surface area contributed by atoms with Gasteiger partial charge >= 0.3 is 0 Å². The summed E-state index contributed by atoms with van der Waals surface area (Å²) in [6.45, 7) is 1.70. The largest absolute Gasteiger partial charge is 0.381 e. The number of sulfonamides is 1. The number of hydrogen-bond donors (Lipinski definition) is 1. The summed E-state index contributed by atoms with van der Waals surface area (Å²) in [7, 11) is -3.27. The van der Waals surface area contributed by atoms with Crippen molar-refractivity contribution in [2.45, 2.75) is 64.2 Å². The van der Waals surface area contributed by atoms with E-state index in [1.165, 1.54) is 38.5 Å². The van der Waals surface area contributed by atoms with Gasteiger partial charge in [-0.05, 0) is 25.2 Å². The molecular weight excluding hydrogens is 262 g/mol. The highest BCUT2D eigenvalue weighted by atomic mass is 32.2. The standard InChI is InChI=1S/C14H29NO3S/c15-19(16,17)13-7-2-1-6-11-18-12-10-14-8-4-3-5-9-14/h14H,1-13H2,(H2,15,16,17). The summed E-state index contributed by atoms with van der Waals surface area (Å²) in [5, 5.41) is 4.93. The van der Waals surface area contributed by atoms with Crippen molar-refractivity contribution in [1.82, 2.24) is 0 Å². The Morgan fingerprint density at radius 2 is 1.63 bits per heavy atom. The molecule has 0 amide bonds. The maximum atomic E-state index is 10.7. The van der Waals surface area contributed by atoms with E-state index in [4.69, 9.17) is 9.88 Å². The van der Waals surface area contributed by atoms with E-state index in [0.29, 0.717) is 6.42 Å². The lowest BCUT2D eigenvalue weighted by Crippen LogP contribution is -2.16. The van der Waals surface area contributed by atoms with E-state index in [1.807, 2.05) is 0 Å². The van der Waals surface area contributed by atoms with Gasteiger partial charge in [-0.3, -0.25) is 0 Å². The minimum atomic E-state index is -3.27. The second-order valence-corrected chi connectivity index (χ2v) is 7.42. The minimum absolute atomic E-state index is 0.107. The molecule has 114 valence electrons. The molecule has 2 N–H and O–H groups in total. The molecule has 0 heterocycles. The van der Waals surface area contributed by atoms with Crippen molar-refractivity contribution >= 4 is 10.0 Å². The predicted molar refractivity (Wildman–Crippen MR) is 78.5 cm³/mol. The van der Waals surface area contributed by atoms with Gasteiger partial charge in [0.2, 0.25) is 10.0 Å². The van der Waals surface area contributed by atoms with Crippen LogP contribution in [0.2, 0.25) is 0 Å². The van der Waals surface area contributed by atoms with Crippen molar-refractivity contribution in [1.29, 1.82) is 0 Å². The quantitative estimate of drug-likeness (QED) is 0.629. The molecule has 0 aromatic carbocycles. The molecule has 0 atom stereocenters. The number of primary sulfonamides is 1. The topological polar surface area (TPSA) is 69.4 Å². The summed E-state index contributed by atoms with van der Waals surface area (Å²) in [4.78, 5) is 0. The number of nitrogens with two attached hydrogens (primary N) is 1. The molecule has 1 saturated carbocycles. The fourth-order valence-corrected chi connectivity index (χ4v) is 3.30. The van der Waals surface area contributed by atoms with Crippen LogP contribution in [-0.2, 0) is 14.8 Å². The van der Waals surface area contributed by atoms with Crippen LogP contribution in [0.3, 0.4) is 0 Å². The number of unbranched alkanes of at least 4 members (excludes halogenated alkanes) is 3. The molecule has 1 fully saturated rings. The second-order valence-electron chi connectivity index (χ2n) is 5.69. The molecule has 0 bridgehead atoms. The fourth-order valence-electron chi connectivity index (χ4n) is 2.69. The van der Waals surface area contributed by atoms with Crippen LogP contribution in [0.4, 0.5) is 0 Å². The molecular formula is C14H29NO3S. The van der Waals surface area contributed by atoms with Gasteiger partial charge in [-0.25, -0.2) is 13.6 Å². The molecule has 1 aliphatic carbocycles. The molecule has 4 nitrogen and oxygen atoms in total. The molecule has 19 heavy (non-hydrogen) atoms. The van der Waals surface area contributed by atoms with E-state index in [-0.39, 0.29) is 5.75 Å². The van der Waals surface area contributed by atoms with Gasteiger partial charge in [-0.15, -0.1) is 0 Å². The highest BCUT2D eigenvalue weighted by Crippen LogP contribution is 2.26. The van der Waals surface area contributed by atoms with Gasteiger partial charge in [0.25, 0.3) is 0 Å². The van der Waals surface area contributed by atoms with Gasteiger partial charge in [-0.2, -0.15) is 0 Å². The molecule has 5 heteroatoms. The van der Waals surface area contributed by atoms with Gasteiger partial charge in [0.1, 0.15) is 0 Å². The monoisotopic (exact) mass is 291 g/mol. The van der Waals surface area contributed by atoms with Crippen LogP contribution in [0.25, 0.3) is 0 Å². The van der Waals surface area contributed by atoms with E-state index >= 15 is 0 Å². The third-order valence-electron chi connectivity index (χ3n) is 3.86. The molecule has 0 aromatic heterocycles. The Morgan fingerprint density at radius 1 is 0.947 bits per heavy atom. The first-order chi connectivity index (χ1) is 9.08. The highest BCUT2D eigenvalue weighted by Gasteiger charge is 2.12.